The van der Waals surface area contributed by atoms with Crippen molar-refractivity contribution in [1.82, 2.24) is 0 Å². The van der Waals surface area contributed by atoms with Crippen LogP contribution in [0, 0.1) is 11.6 Å². The van der Waals surface area contributed by atoms with Crippen molar-refractivity contribution in [3.8, 4) is 5.75 Å². The third-order valence-electron chi connectivity index (χ3n) is 3.28. The van der Waals surface area contributed by atoms with Crippen LogP contribution < -0.4 is 14.8 Å². The average Bonchev–Trinajstić information content (AvgIpc) is 2.58. The van der Waals surface area contributed by atoms with Crippen molar-refractivity contribution in [2.75, 3.05) is 17.1 Å². The Balaban J connectivity index is 2.42. The molecule has 0 bridgehead atoms. The van der Waals surface area contributed by atoms with Crippen LogP contribution in [0.25, 0.3) is 0 Å². The fourth-order valence-electron chi connectivity index (χ4n) is 1.98. The van der Waals surface area contributed by atoms with E-state index in [2.05, 4.69) is 5.32 Å². The van der Waals surface area contributed by atoms with E-state index in [0.29, 0.717) is 0 Å². The zero-order valence-corrected chi connectivity index (χ0v) is 14.3. The summed E-state index contributed by atoms with van der Waals surface area (Å²) in [5.41, 5.74) is -0.649. The Morgan fingerprint density at radius 3 is 2.36 bits per heavy atom. The quantitative estimate of drug-likeness (QED) is 0.818. The lowest BCUT2D eigenvalue weighted by Gasteiger charge is -2.13. The first-order chi connectivity index (χ1) is 11.8. The molecule has 134 valence electrons. The lowest BCUT2D eigenvalue weighted by molar-refractivity contribution is -0.115. The summed E-state index contributed by atoms with van der Waals surface area (Å²) < 4.78 is 59.1. The molecule has 25 heavy (non-hydrogen) atoms. The van der Waals surface area contributed by atoms with E-state index in [-0.39, 0.29) is 28.7 Å². The Kier molecular flexibility index (Phi) is 5.58. The zero-order valence-electron chi connectivity index (χ0n) is 13.5. The molecular weight excluding hydrogens is 354 g/mol. The molecule has 0 heterocycles. The highest BCUT2D eigenvalue weighted by molar-refractivity contribution is 7.92. The zero-order chi connectivity index (χ0) is 18.6. The van der Waals surface area contributed by atoms with Gasteiger partial charge in [0.25, 0.3) is 10.0 Å². The van der Waals surface area contributed by atoms with Gasteiger partial charge in [0, 0.05) is 6.42 Å². The highest BCUT2D eigenvalue weighted by atomic mass is 32.2. The Hall–Kier alpha value is -2.68. The second kappa shape index (κ2) is 7.47. The number of sulfonamides is 1. The number of carbonyl (C=O) groups is 1. The Morgan fingerprint density at radius 1 is 1.16 bits per heavy atom. The SMILES string of the molecule is CCC(=O)Nc1cc(S(=O)(=O)Nc2c(F)cccc2F)ccc1OC. The van der Waals surface area contributed by atoms with Crippen molar-refractivity contribution in [3.05, 3.63) is 48.0 Å². The minimum atomic E-state index is -4.29. The first kappa shape index (κ1) is 18.7. The second-order valence-electron chi connectivity index (χ2n) is 4.97. The number of hydrogen-bond donors (Lipinski definition) is 2. The number of para-hydroxylation sites is 1. The monoisotopic (exact) mass is 370 g/mol. The molecule has 9 heteroatoms. The third kappa shape index (κ3) is 4.24. The molecule has 0 aromatic heterocycles. The van der Waals surface area contributed by atoms with Crippen LogP contribution in [0.2, 0.25) is 0 Å². The van der Waals surface area contributed by atoms with Crippen molar-refractivity contribution in [1.29, 1.82) is 0 Å². The Labute approximate surface area is 143 Å². The highest BCUT2D eigenvalue weighted by Gasteiger charge is 2.21. The first-order valence-corrected chi connectivity index (χ1v) is 8.71. The van der Waals surface area contributed by atoms with Crippen LogP contribution in [0.5, 0.6) is 5.75 Å². The van der Waals surface area contributed by atoms with E-state index in [4.69, 9.17) is 4.74 Å². The summed E-state index contributed by atoms with van der Waals surface area (Å²) in [6, 6.07) is 6.66. The summed E-state index contributed by atoms with van der Waals surface area (Å²) in [5, 5.41) is 2.51. The van der Waals surface area contributed by atoms with Crippen LogP contribution in [0.15, 0.2) is 41.3 Å². The van der Waals surface area contributed by atoms with Crippen molar-refractivity contribution in [3.63, 3.8) is 0 Å². The van der Waals surface area contributed by atoms with E-state index < -0.39 is 27.3 Å². The molecule has 0 atom stereocenters. The molecule has 1 amide bonds. The van der Waals surface area contributed by atoms with Crippen molar-refractivity contribution in [2.24, 2.45) is 0 Å². The van der Waals surface area contributed by atoms with E-state index in [1.807, 2.05) is 4.72 Å². The molecule has 0 radical (unpaired) electrons. The van der Waals surface area contributed by atoms with Gasteiger partial charge in [-0.15, -0.1) is 0 Å². The van der Waals surface area contributed by atoms with Gasteiger partial charge in [-0.2, -0.15) is 0 Å². The van der Waals surface area contributed by atoms with Crippen LogP contribution in [0.4, 0.5) is 20.2 Å². The van der Waals surface area contributed by atoms with Gasteiger partial charge in [0.05, 0.1) is 17.7 Å². The first-order valence-electron chi connectivity index (χ1n) is 7.23. The number of amides is 1. The fraction of sp³-hybridized carbons (Fsp3) is 0.188. The summed E-state index contributed by atoms with van der Waals surface area (Å²) >= 11 is 0. The van der Waals surface area contributed by atoms with Gasteiger partial charge in [-0.25, -0.2) is 17.2 Å². The minimum absolute atomic E-state index is 0.131. The molecule has 0 spiro atoms. The van der Waals surface area contributed by atoms with Gasteiger partial charge in [-0.05, 0) is 30.3 Å². The maximum absolute atomic E-state index is 13.7. The molecule has 0 fully saturated rings. The minimum Gasteiger partial charge on any atom is -0.495 e. The molecule has 0 aliphatic rings. The van der Waals surface area contributed by atoms with E-state index in [9.17, 15) is 22.0 Å². The van der Waals surface area contributed by atoms with E-state index in [0.717, 1.165) is 24.3 Å². The number of carbonyl (C=O) groups excluding carboxylic acids is 1. The lowest BCUT2D eigenvalue weighted by Crippen LogP contribution is -2.16. The van der Waals surface area contributed by atoms with E-state index in [1.165, 1.54) is 19.2 Å². The highest BCUT2D eigenvalue weighted by Crippen LogP contribution is 2.29. The lowest BCUT2D eigenvalue weighted by atomic mass is 10.3. The molecule has 6 nitrogen and oxygen atoms in total. The van der Waals surface area contributed by atoms with Gasteiger partial charge in [0.1, 0.15) is 23.1 Å². The van der Waals surface area contributed by atoms with Crippen molar-refractivity contribution < 1.29 is 26.7 Å². The van der Waals surface area contributed by atoms with Crippen LogP contribution in [-0.2, 0) is 14.8 Å². The second-order valence-corrected chi connectivity index (χ2v) is 6.65. The van der Waals surface area contributed by atoms with Crippen LogP contribution in [-0.4, -0.2) is 21.4 Å². The molecule has 2 aromatic rings. The van der Waals surface area contributed by atoms with Crippen LogP contribution >= 0.6 is 0 Å². The molecule has 0 aliphatic heterocycles. The third-order valence-corrected chi connectivity index (χ3v) is 4.62. The predicted molar refractivity (Wildman–Crippen MR) is 89.1 cm³/mol. The van der Waals surface area contributed by atoms with Crippen LogP contribution in [0.1, 0.15) is 13.3 Å². The maximum atomic E-state index is 13.7. The molecule has 0 saturated carbocycles. The summed E-state index contributed by atoms with van der Waals surface area (Å²) in [4.78, 5) is 11.3. The molecule has 2 N–H and O–H groups in total. The standard InChI is InChI=1S/C16H16F2N2O4S/c1-3-15(21)19-13-9-10(7-8-14(13)24-2)25(22,23)20-16-11(17)5-4-6-12(16)18/h4-9,20H,3H2,1-2H3,(H,19,21). The number of benzene rings is 2. The number of ether oxygens (including phenoxy) is 1. The molecule has 0 saturated heterocycles. The number of hydrogen-bond acceptors (Lipinski definition) is 4. The largest absolute Gasteiger partial charge is 0.495 e. The number of methoxy groups -OCH3 is 1. The Bertz CT molecular complexity index is 881. The smallest absolute Gasteiger partial charge is 0.262 e. The van der Waals surface area contributed by atoms with Gasteiger partial charge >= 0.3 is 0 Å². The maximum Gasteiger partial charge on any atom is 0.262 e. The van der Waals surface area contributed by atoms with Gasteiger partial charge in [0.15, 0.2) is 0 Å². The van der Waals surface area contributed by atoms with E-state index >= 15 is 0 Å². The summed E-state index contributed by atoms with van der Waals surface area (Å²) in [6.07, 6.45) is 0.179. The average molecular weight is 370 g/mol. The number of anilines is 2. The van der Waals surface area contributed by atoms with Gasteiger partial charge in [-0.3, -0.25) is 9.52 Å². The number of nitrogens with one attached hydrogen (secondary N) is 2. The molecule has 0 aliphatic carbocycles. The van der Waals surface area contributed by atoms with Crippen LogP contribution in [0.3, 0.4) is 0 Å². The molecule has 2 rings (SSSR count). The Morgan fingerprint density at radius 2 is 1.80 bits per heavy atom. The molecular formula is C16H16F2N2O4S. The fourth-order valence-corrected chi connectivity index (χ4v) is 3.08. The summed E-state index contributed by atoms with van der Waals surface area (Å²) in [7, 11) is -2.93. The molecule has 2 aromatic carbocycles. The van der Waals surface area contributed by atoms with Crippen molar-refractivity contribution in [2.45, 2.75) is 18.2 Å². The van der Waals surface area contributed by atoms with Gasteiger partial charge < -0.3 is 10.1 Å². The van der Waals surface area contributed by atoms with Gasteiger partial charge in [0.2, 0.25) is 5.91 Å². The summed E-state index contributed by atoms with van der Waals surface area (Å²) in [6.45, 7) is 1.63. The topological polar surface area (TPSA) is 84.5 Å². The van der Waals surface area contributed by atoms with Gasteiger partial charge in [-0.1, -0.05) is 13.0 Å². The van der Waals surface area contributed by atoms with E-state index in [1.54, 1.807) is 6.92 Å². The molecule has 0 unspecified atom stereocenters. The summed E-state index contributed by atoms with van der Waals surface area (Å²) in [5.74, 6) is -2.19. The normalized spacial score (nSPS) is 11.0. The predicted octanol–water partition coefficient (Wildman–Crippen LogP) is 3.12. The number of rotatable bonds is 6. The number of halogens is 2. The van der Waals surface area contributed by atoms with Crippen molar-refractivity contribution >= 4 is 27.3 Å².